The van der Waals surface area contributed by atoms with Gasteiger partial charge in [-0.05, 0) is 30.3 Å². The van der Waals surface area contributed by atoms with Gasteiger partial charge in [0.2, 0.25) is 0 Å². The molecule has 0 amide bonds. The van der Waals surface area contributed by atoms with Gasteiger partial charge in [0.25, 0.3) is 0 Å². The highest BCUT2D eigenvalue weighted by molar-refractivity contribution is 9.10. The van der Waals surface area contributed by atoms with E-state index in [4.69, 9.17) is 5.73 Å². The average molecular weight is 288 g/mol. The van der Waals surface area contributed by atoms with Gasteiger partial charge in [-0.3, -0.25) is 0 Å². The molecule has 0 saturated heterocycles. The van der Waals surface area contributed by atoms with E-state index in [-0.39, 0.29) is 0 Å². The van der Waals surface area contributed by atoms with Crippen molar-refractivity contribution in [2.45, 2.75) is 0 Å². The zero-order chi connectivity index (χ0) is 11.8. The van der Waals surface area contributed by atoms with Crippen LogP contribution in [-0.4, -0.2) is 9.97 Å². The Kier molecular flexibility index (Phi) is 2.37. The highest BCUT2D eigenvalue weighted by Crippen LogP contribution is 2.27. The quantitative estimate of drug-likeness (QED) is 0.672. The third kappa shape index (κ3) is 1.80. The summed E-state index contributed by atoms with van der Waals surface area (Å²) < 4.78 is 0.967. The normalized spacial score (nSPS) is 10.9. The number of imidazole rings is 1. The Morgan fingerprint density at radius 1 is 1.12 bits per heavy atom. The van der Waals surface area contributed by atoms with Crippen molar-refractivity contribution in [1.29, 1.82) is 0 Å². The number of nitrogens with one attached hydrogen (secondary N) is 1. The Hall–Kier alpha value is -1.81. The molecular weight excluding hydrogens is 278 g/mol. The summed E-state index contributed by atoms with van der Waals surface area (Å²) in [6.07, 6.45) is 0. The van der Waals surface area contributed by atoms with Crippen molar-refractivity contribution in [3.05, 3.63) is 46.9 Å². The molecule has 3 N–H and O–H groups in total. The smallest absolute Gasteiger partial charge is 0.140 e. The number of rotatable bonds is 1. The summed E-state index contributed by atoms with van der Waals surface area (Å²) >= 11 is 3.39. The van der Waals surface area contributed by atoms with E-state index in [0.717, 1.165) is 26.9 Å². The van der Waals surface area contributed by atoms with Crippen LogP contribution < -0.4 is 5.73 Å². The molecule has 1 aromatic heterocycles. The van der Waals surface area contributed by atoms with Crippen molar-refractivity contribution in [3.63, 3.8) is 0 Å². The Morgan fingerprint density at radius 3 is 2.71 bits per heavy atom. The van der Waals surface area contributed by atoms with Crippen molar-refractivity contribution < 1.29 is 0 Å². The van der Waals surface area contributed by atoms with Gasteiger partial charge in [0.1, 0.15) is 5.82 Å². The molecule has 0 saturated carbocycles. The van der Waals surface area contributed by atoms with Crippen LogP contribution in [0.2, 0.25) is 0 Å². The molecule has 3 nitrogen and oxygen atoms in total. The second-order valence-electron chi connectivity index (χ2n) is 3.83. The Labute approximate surface area is 107 Å². The first-order chi connectivity index (χ1) is 8.24. The number of nitrogen functional groups attached to an aromatic ring is 1. The fraction of sp³-hybridized carbons (Fsp3) is 0. The number of fused-ring (bicyclic) bond motifs is 1. The summed E-state index contributed by atoms with van der Waals surface area (Å²) in [7, 11) is 0. The zero-order valence-electron chi connectivity index (χ0n) is 8.94. The van der Waals surface area contributed by atoms with Crippen LogP contribution in [0.5, 0.6) is 0 Å². The number of para-hydroxylation sites is 2. The van der Waals surface area contributed by atoms with Crippen molar-refractivity contribution >= 4 is 32.7 Å². The van der Waals surface area contributed by atoms with Crippen molar-refractivity contribution in [3.8, 4) is 11.4 Å². The van der Waals surface area contributed by atoms with E-state index in [9.17, 15) is 0 Å². The summed E-state index contributed by atoms with van der Waals surface area (Å²) in [5, 5.41) is 0. The van der Waals surface area contributed by atoms with Gasteiger partial charge in [-0.25, -0.2) is 4.98 Å². The highest BCUT2D eigenvalue weighted by atomic mass is 79.9. The average Bonchev–Trinajstić information content (AvgIpc) is 2.72. The fourth-order valence-electron chi connectivity index (χ4n) is 1.83. The van der Waals surface area contributed by atoms with Crippen LogP contribution in [0.25, 0.3) is 22.4 Å². The first kappa shape index (κ1) is 10.4. The molecule has 2 aromatic carbocycles. The molecule has 0 atom stereocenters. The van der Waals surface area contributed by atoms with E-state index < -0.39 is 0 Å². The van der Waals surface area contributed by atoms with E-state index in [1.807, 2.05) is 42.5 Å². The van der Waals surface area contributed by atoms with Gasteiger partial charge in [0.15, 0.2) is 0 Å². The Balaban J connectivity index is 2.20. The Bertz CT molecular complexity index is 655. The van der Waals surface area contributed by atoms with E-state index >= 15 is 0 Å². The number of nitrogens with two attached hydrogens (primary N) is 1. The number of H-pyrrole nitrogens is 1. The van der Waals surface area contributed by atoms with Crippen LogP contribution in [0.1, 0.15) is 0 Å². The molecule has 1 heterocycles. The van der Waals surface area contributed by atoms with Gasteiger partial charge >= 0.3 is 0 Å². The van der Waals surface area contributed by atoms with E-state index in [1.54, 1.807) is 0 Å². The molecule has 84 valence electrons. The summed E-state index contributed by atoms with van der Waals surface area (Å²) in [4.78, 5) is 7.79. The maximum absolute atomic E-state index is 5.99. The second kappa shape index (κ2) is 3.89. The molecule has 0 fully saturated rings. The molecule has 0 aliphatic rings. The van der Waals surface area contributed by atoms with Gasteiger partial charge in [-0.15, -0.1) is 0 Å². The molecule has 0 aliphatic heterocycles. The maximum atomic E-state index is 5.99. The van der Waals surface area contributed by atoms with Crippen LogP contribution in [-0.2, 0) is 0 Å². The maximum Gasteiger partial charge on any atom is 0.140 e. The van der Waals surface area contributed by atoms with Gasteiger partial charge in [0.05, 0.1) is 11.0 Å². The third-order valence-corrected chi connectivity index (χ3v) is 3.15. The van der Waals surface area contributed by atoms with Crippen LogP contribution >= 0.6 is 15.9 Å². The fourth-order valence-corrected chi connectivity index (χ4v) is 2.21. The predicted molar refractivity (Wildman–Crippen MR) is 73.6 cm³/mol. The van der Waals surface area contributed by atoms with Gasteiger partial charge < -0.3 is 10.7 Å². The Morgan fingerprint density at radius 2 is 1.94 bits per heavy atom. The number of aromatic nitrogens is 2. The lowest BCUT2D eigenvalue weighted by Crippen LogP contribution is -1.91. The molecule has 0 spiro atoms. The lowest BCUT2D eigenvalue weighted by molar-refractivity contribution is 1.34. The minimum absolute atomic E-state index is 0.707. The summed E-state index contributed by atoms with van der Waals surface area (Å²) in [5.74, 6) is 0.802. The van der Waals surface area contributed by atoms with Crippen LogP contribution in [0, 0.1) is 0 Å². The lowest BCUT2D eigenvalue weighted by Gasteiger charge is -2.02. The van der Waals surface area contributed by atoms with Gasteiger partial charge in [-0.2, -0.15) is 0 Å². The standard InChI is InChI=1S/C13H10BrN3/c14-8-5-6-9(10(15)7-8)13-16-11-3-1-2-4-12(11)17-13/h1-7H,15H2,(H,16,17). The van der Waals surface area contributed by atoms with Gasteiger partial charge in [0, 0.05) is 15.7 Å². The monoisotopic (exact) mass is 287 g/mol. The second-order valence-corrected chi connectivity index (χ2v) is 4.75. The topological polar surface area (TPSA) is 54.7 Å². The van der Waals surface area contributed by atoms with Crippen molar-refractivity contribution in [1.82, 2.24) is 9.97 Å². The summed E-state index contributed by atoms with van der Waals surface area (Å²) in [5.41, 5.74) is 9.58. The summed E-state index contributed by atoms with van der Waals surface area (Å²) in [6.45, 7) is 0. The van der Waals surface area contributed by atoms with E-state index in [1.165, 1.54) is 0 Å². The number of benzene rings is 2. The molecule has 4 heteroatoms. The molecule has 0 unspecified atom stereocenters. The van der Waals surface area contributed by atoms with E-state index in [0.29, 0.717) is 5.69 Å². The third-order valence-electron chi connectivity index (χ3n) is 2.66. The molecule has 0 bridgehead atoms. The lowest BCUT2D eigenvalue weighted by atomic mass is 10.2. The van der Waals surface area contributed by atoms with Crippen LogP contribution in [0.3, 0.4) is 0 Å². The number of aromatic amines is 1. The molecule has 3 rings (SSSR count). The predicted octanol–water partition coefficient (Wildman–Crippen LogP) is 3.57. The van der Waals surface area contributed by atoms with E-state index in [2.05, 4.69) is 25.9 Å². The number of halogens is 1. The largest absolute Gasteiger partial charge is 0.398 e. The van der Waals surface area contributed by atoms with Crippen LogP contribution in [0.15, 0.2) is 46.9 Å². The number of hydrogen-bond acceptors (Lipinski definition) is 2. The first-order valence-electron chi connectivity index (χ1n) is 5.24. The molecule has 0 radical (unpaired) electrons. The zero-order valence-corrected chi connectivity index (χ0v) is 10.5. The minimum atomic E-state index is 0.707. The van der Waals surface area contributed by atoms with Gasteiger partial charge in [-0.1, -0.05) is 28.1 Å². The number of nitrogens with zero attached hydrogens (tertiary/aromatic N) is 1. The minimum Gasteiger partial charge on any atom is -0.398 e. The number of hydrogen-bond donors (Lipinski definition) is 2. The SMILES string of the molecule is Nc1cc(Br)ccc1-c1nc2ccccc2[nH]1. The molecular formula is C13H10BrN3. The van der Waals surface area contributed by atoms with Crippen LogP contribution in [0.4, 0.5) is 5.69 Å². The van der Waals surface area contributed by atoms with Crippen molar-refractivity contribution in [2.24, 2.45) is 0 Å². The molecule has 3 aromatic rings. The van der Waals surface area contributed by atoms with Crippen molar-refractivity contribution in [2.75, 3.05) is 5.73 Å². The first-order valence-corrected chi connectivity index (χ1v) is 6.03. The highest BCUT2D eigenvalue weighted by Gasteiger charge is 2.07. The molecule has 17 heavy (non-hydrogen) atoms. The summed E-state index contributed by atoms with van der Waals surface area (Å²) in [6, 6.07) is 13.7. The number of anilines is 1. The molecule has 0 aliphatic carbocycles.